The van der Waals surface area contributed by atoms with Crippen LogP contribution in [0.5, 0.6) is 0 Å². The van der Waals surface area contributed by atoms with Gasteiger partial charge in [-0.3, -0.25) is 0 Å². The summed E-state index contributed by atoms with van der Waals surface area (Å²) in [6, 6.07) is 8.65. The monoisotopic (exact) mass is 281 g/mol. The van der Waals surface area contributed by atoms with E-state index in [-0.39, 0.29) is 6.04 Å². The lowest BCUT2D eigenvalue weighted by Gasteiger charge is -2.20. The molecular weight excluding hydrogens is 254 g/mol. The fourth-order valence-electron chi connectivity index (χ4n) is 2.05. The van der Waals surface area contributed by atoms with Crippen LogP contribution in [0.15, 0.2) is 24.3 Å². The maximum Gasteiger partial charge on any atom is 0.0701 e. The van der Waals surface area contributed by atoms with Gasteiger partial charge in [0.2, 0.25) is 0 Å². The van der Waals surface area contributed by atoms with E-state index in [1.807, 2.05) is 0 Å². The van der Waals surface area contributed by atoms with Crippen LogP contribution in [0.1, 0.15) is 24.1 Å². The molecule has 0 saturated carbocycles. The largest absolute Gasteiger partial charge is 0.382 e. The number of nitrogens with one attached hydrogen (secondary N) is 1. The molecule has 0 saturated heterocycles. The molecule has 20 heavy (non-hydrogen) atoms. The average Bonchev–Trinajstić information content (AvgIpc) is 2.46. The van der Waals surface area contributed by atoms with Crippen LogP contribution in [0.4, 0.5) is 0 Å². The fraction of sp³-hybridized carbons (Fsp3) is 0.625. The predicted octanol–water partition coefficient (Wildman–Crippen LogP) is 2.33. The fourth-order valence-corrected chi connectivity index (χ4v) is 2.05. The van der Waals surface area contributed by atoms with Gasteiger partial charge >= 0.3 is 0 Å². The van der Waals surface area contributed by atoms with Crippen LogP contribution in [0.2, 0.25) is 0 Å². The van der Waals surface area contributed by atoms with Gasteiger partial charge in [-0.1, -0.05) is 31.2 Å². The van der Waals surface area contributed by atoms with E-state index in [9.17, 15) is 0 Å². The smallest absolute Gasteiger partial charge is 0.0701 e. The second-order valence-corrected chi connectivity index (χ2v) is 4.65. The number of hydrogen-bond donors (Lipinski definition) is 1. The molecule has 0 amide bonds. The molecule has 0 fully saturated rings. The predicted molar refractivity (Wildman–Crippen MR) is 81.1 cm³/mol. The summed E-state index contributed by atoms with van der Waals surface area (Å²) in [5.74, 6) is 0. The Bertz CT molecular complexity index is 357. The molecule has 1 rings (SSSR count). The number of hydrogen-bond acceptors (Lipinski definition) is 4. The molecule has 0 bridgehead atoms. The Morgan fingerprint density at radius 1 is 1.05 bits per heavy atom. The number of likely N-dealkylation sites (N-methyl/N-ethyl adjacent to an activating group) is 1. The molecule has 1 aromatic rings. The van der Waals surface area contributed by atoms with Crippen LogP contribution in [0, 0.1) is 6.92 Å². The van der Waals surface area contributed by atoms with Crippen molar-refractivity contribution in [3.8, 4) is 0 Å². The van der Waals surface area contributed by atoms with Gasteiger partial charge in [0, 0.05) is 7.11 Å². The summed E-state index contributed by atoms with van der Waals surface area (Å²) >= 11 is 0. The van der Waals surface area contributed by atoms with Gasteiger partial charge in [0.05, 0.1) is 39.1 Å². The minimum Gasteiger partial charge on any atom is -0.382 e. The van der Waals surface area contributed by atoms with Crippen molar-refractivity contribution in [3.63, 3.8) is 0 Å². The summed E-state index contributed by atoms with van der Waals surface area (Å²) in [6.07, 6.45) is 0. The average molecular weight is 281 g/mol. The van der Waals surface area contributed by atoms with E-state index in [0.717, 1.165) is 6.54 Å². The van der Waals surface area contributed by atoms with E-state index in [2.05, 4.69) is 43.4 Å². The Kier molecular flexibility index (Phi) is 9.24. The van der Waals surface area contributed by atoms with E-state index >= 15 is 0 Å². The van der Waals surface area contributed by atoms with Crippen molar-refractivity contribution >= 4 is 0 Å². The molecule has 1 atom stereocenters. The first-order valence-corrected chi connectivity index (χ1v) is 7.23. The molecule has 1 N–H and O–H groups in total. The van der Waals surface area contributed by atoms with Gasteiger partial charge < -0.3 is 19.5 Å². The maximum atomic E-state index is 5.71. The molecule has 0 aromatic heterocycles. The third-order valence-corrected chi connectivity index (χ3v) is 3.10. The standard InChI is InChI=1S/C16H27NO3/c1-4-17-16(15-8-6-5-7-14(15)2)13-20-12-11-19-10-9-18-3/h5-8,16-17H,4,9-13H2,1-3H3. The zero-order valence-electron chi connectivity index (χ0n) is 12.9. The second-order valence-electron chi connectivity index (χ2n) is 4.65. The highest BCUT2D eigenvalue weighted by Gasteiger charge is 2.12. The highest BCUT2D eigenvalue weighted by Crippen LogP contribution is 2.17. The Morgan fingerprint density at radius 3 is 2.45 bits per heavy atom. The van der Waals surface area contributed by atoms with Crippen molar-refractivity contribution in [2.24, 2.45) is 0 Å². The molecule has 0 spiro atoms. The molecule has 114 valence electrons. The number of rotatable bonds is 11. The van der Waals surface area contributed by atoms with Crippen molar-refractivity contribution in [3.05, 3.63) is 35.4 Å². The molecule has 1 aromatic carbocycles. The molecule has 0 radical (unpaired) electrons. The molecule has 0 heterocycles. The first-order chi connectivity index (χ1) is 9.79. The number of ether oxygens (including phenoxy) is 3. The zero-order chi connectivity index (χ0) is 14.6. The van der Waals surface area contributed by atoms with E-state index < -0.39 is 0 Å². The minimum atomic E-state index is 0.236. The molecule has 4 nitrogen and oxygen atoms in total. The van der Waals surface area contributed by atoms with Crippen molar-refractivity contribution in [1.29, 1.82) is 0 Å². The van der Waals surface area contributed by atoms with Gasteiger partial charge in [-0.2, -0.15) is 0 Å². The SMILES string of the molecule is CCNC(COCCOCCOC)c1ccccc1C. The van der Waals surface area contributed by atoms with Crippen molar-refractivity contribution in [2.45, 2.75) is 19.9 Å². The Hall–Kier alpha value is -0.940. The first-order valence-electron chi connectivity index (χ1n) is 7.23. The summed E-state index contributed by atoms with van der Waals surface area (Å²) in [5.41, 5.74) is 2.59. The van der Waals surface area contributed by atoms with E-state index in [1.54, 1.807) is 7.11 Å². The van der Waals surface area contributed by atoms with E-state index in [4.69, 9.17) is 14.2 Å². The van der Waals surface area contributed by atoms with Gasteiger partial charge in [-0.25, -0.2) is 0 Å². The summed E-state index contributed by atoms with van der Waals surface area (Å²) in [5, 5.41) is 3.47. The third-order valence-electron chi connectivity index (χ3n) is 3.10. The Balaban J connectivity index is 2.31. The molecule has 4 heteroatoms. The quantitative estimate of drug-likeness (QED) is 0.632. The van der Waals surface area contributed by atoms with E-state index in [1.165, 1.54) is 11.1 Å². The van der Waals surface area contributed by atoms with Crippen molar-refractivity contribution in [1.82, 2.24) is 5.32 Å². The third kappa shape index (κ3) is 6.48. The minimum absolute atomic E-state index is 0.236. The normalized spacial score (nSPS) is 12.6. The van der Waals surface area contributed by atoms with Gasteiger partial charge in [0.15, 0.2) is 0 Å². The topological polar surface area (TPSA) is 39.7 Å². The highest BCUT2D eigenvalue weighted by atomic mass is 16.5. The van der Waals surface area contributed by atoms with Crippen LogP contribution in [-0.2, 0) is 14.2 Å². The molecule has 0 aliphatic heterocycles. The van der Waals surface area contributed by atoms with E-state index in [0.29, 0.717) is 33.0 Å². The van der Waals surface area contributed by atoms with Crippen LogP contribution in [0.3, 0.4) is 0 Å². The molecule has 1 unspecified atom stereocenters. The number of benzene rings is 1. The first kappa shape index (κ1) is 17.1. The van der Waals surface area contributed by atoms with Crippen LogP contribution in [-0.4, -0.2) is 46.7 Å². The summed E-state index contributed by atoms with van der Waals surface area (Å²) < 4.78 is 16.0. The molecule has 0 aliphatic rings. The summed E-state index contributed by atoms with van der Waals surface area (Å²) in [6.45, 7) is 8.29. The van der Waals surface area contributed by atoms with Crippen LogP contribution >= 0.6 is 0 Å². The van der Waals surface area contributed by atoms with Gasteiger partial charge in [0.1, 0.15) is 0 Å². The van der Waals surface area contributed by atoms with Gasteiger partial charge in [-0.05, 0) is 24.6 Å². The number of aryl methyl sites for hydroxylation is 1. The van der Waals surface area contributed by atoms with Gasteiger partial charge in [-0.15, -0.1) is 0 Å². The Morgan fingerprint density at radius 2 is 1.75 bits per heavy atom. The van der Waals surface area contributed by atoms with Crippen molar-refractivity contribution in [2.75, 3.05) is 46.7 Å². The molecule has 0 aliphatic carbocycles. The van der Waals surface area contributed by atoms with Crippen molar-refractivity contribution < 1.29 is 14.2 Å². The lowest BCUT2D eigenvalue weighted by Crippen LogP contribution is -2.26. The van der Waals surface area contributed by atoms with Crippen LogP contribution < -0.4 is 5.32 Å². The van der Waals surface area contributed by atoms with Crippen LogP contribution in [0.25, 0.3) is 0 Å². The number of methoxy groups -OCH3 is 1. The molecular formula is C16H27NO3. The zero-order valence-corrected chi connectivity index (χ0v) is 12.9. The van der Waals surface area contributed by atoms with Gasteiger partial charge in [0.25, 0.3) is 0 Å². The lowest BCUT2D eigenvalue weighted by molar-refractivity contribution is 0.0193. The Labute approximate surface area is 122 Å². The lowest BCUT2D eigenvalue weighted by atomic mass is 10.0. The maximum absolute atomic E-state index is 5.71. The highest BCUT2D eigenvalue weighted by molar-refractivity contribution is 5.28. The second kappa shape index (κ2) is 10.8. The summed E-state index contributed by atoms with van der Waals surface area (Å²) in [7, 11) is 1.67. The summed E-state index contributed by atoms with van der Waals surface area (Å²) in [4.78, 5) is 0.